The van der Waals surface area contributed by atoms with E-state index in [0.29, 0.717) is 28.4 Å². The van der Waals surface area contributed by atoms with Crippen LogP contribution in [0.5, 0.6) is 0 Å². The van der Waals surface area contributed by atoms with Crippen LogP contribution in [0, 0.1) is 5.82 Å². The van der Waals surface area contributed by atoms with Crippen LogP contribution < -0.4 is 5.32 Å². The second-order valence-corrected chi connectivity index (χ2v) is 12.2. The fourth-order valence-electron chi connectivity index (χ4n) is 6.54. The number of nitrogens with one attached hydrogen (secondary N) is 1. The van der Waals surface area contributed by atoms with Crippen LogP contribution in [0.2, 0.25) is 0 Å². The number of anilines is 1. The van der Waals surface area contributed by atoms with Gasteiger partial charge in [-0.25, -0.2) is 23.5 Å². The summed E-state index contributed by atoms with van der Waals surface area (Å²) in [7, 11) is 0. The normalized spacial score (nSPS) is 20.0. The molecule has 2 aromatic carbocycles. The lowest BCUT2D eigenvalue weighted by Gasteiger charge is -2.33. The van der Waals surface area contributed by atoms with Gasteiger partial charge in [0.05, 0.1) is 25.1 Å². The molecule has 1 saturated heterocycles. The minimum Gasteiger partial charge on any atom is -0.465 e. The lowest BCUT2D eigenvalue weighted by Crippen LogP contribution is -2.43. The molecule has 0 aliphatic carbocycles. The van der Waals surface area contributed by atoms with Crippen molar-refractivity contribution in [3.05, 3.63) is 88.2 Å². The maximum atomic E-state index is 15.6. The number of thiazole rings is 1. The number of hydrogen-bond donors (Lipinski definition) is 2. The summed E-state index contributed by atoms with van der Waals surface area (Å²) in [6, 6.07) is 8.96. The Bertz CT molecular complexity index is 1760. The van der Waals surface area contributed by atoms with Crippen LogP contribution in [0.4, 0.5) is 18.7 Å². The van der Waals surface area contributed by atoms with Gasteiger partial charge in [-0.3, -0.25) is 14.9 Å². The molecular weight excluding hydrogens is 590 g/mol. The number of aromatic nitrogens is 3. The predicted molar refractivity (Wildman–Crippen MR) is 158 cm³/mol. The van der Waals surface area contributed by atoms with Crippen molar-refractivity contribution in [2.75, 3.05) is 18.4 Å². The van der Waals surface area contributed by atoms with Crippen LogP contribution in [0.15, 0.2) is 54.3 Å². The summed E-state index contributed by atoms with van der Waals surface area (Å²) in [6.07, 6.45) is 2.78. The molecule has 3 amide bonds. The molecule has 0 radical (unpaired) electrons. The van der Waals surface area contributed by atoms with E-state index in [1.165, 1.54) is 22.3 Å². The van der Waals surface area contributed by atoms with Gasteiger partial charge in [-0.2, -0.15) is 0 Å². The van der Waals surface area contributed by atoms with Gasteiger partial charge < -0.3 is 19.5 Å². The van der Waals surface area contributed by atoms with Crippen LogP contribution in [0.3, 0.4) is 0 Å². The molecule has 0 saturated carbocycles. The SMILES string of the molecule is O=C(Nc1nccs1)C(c1ncn2c1CCC2)N1Cc2c(F)cc(-c3ccc([C@H]4CCN(C(=O)O)C[C@@H]4F)cc3)cc2C1=O. The van der Waals surface area contributed by atoms with Crippen LogP contribution in [0.1, 0.15) is 57.7 Å². The average molecular weight is 619 g/mol. The van der Waals surface area contributed by atoms with Crippen LogP contribution in [-0.4, -0.2) is 66.6 Å². The van der Waals surface area contributed by atoms with E-state index in [9.17, 15) is 18.8 Å². The number of carboxylic acid groups (broad SMARTS) is 1. The van der Waals surface area contributed by atoms with Crippen molar-refractivity contribution in [2.24, 2.45) is 0 Å². The lowest BCUT2D eigenvalue weighted by atomic mass is 9.87. The Hall–Kier alpha value is -4.65. The first-order chi connectivity index (χ1) is 21.3. The number of benzene rings is 2. The molecule has 3 aliphatic heterocycles. The zero-order chi connectivity index (χ0) is 30.5. The highest BCUT2D eigenvalue weighted by atomic mass is 32.1. The van der Waals surface area contributed by atoms with Gasteiger partial charge in [0, 0.05) is 47.4 Å². The molecule has 3 atom stereocenters. The molecule has 1 unspecified atom stereocenters. The highest BCUT2D eigenvalue weighted by molar-refractivity contribution is 7.13. The molecule has 2 N–H and O–H groups in total. The molecule has 0 bridgehead atoms. The molecular formula is C31H28F2N6O4S. The Labute approximate surface area is 255 Å². The summed E-state index contributed by atoms with van der Waals surface area (Å²) in [6.45, 7) is 0.762. The van der Waals surface area contributed by atoms with Gasteiger partial charge in [0.2, 0.25) is 0 Å². The first-order valence-corrected chi connectivity index (χ1v) is 15.3. The number of rotatable bonds is 6. The van der Waals surface area contributed by atoms with Crippen LogP contribution in [-0.2, 0) is 24.3 Å². The number of carbonyl (C=O) groups is 3. The molecule has 5 heterocycles. The van der Waals surface area contributed by atoms with Crippen molar-refractivity contribution in [3.8, 4) is 11.1 Å². The smallest absolute Gasteiger partial charge is 0.407 e. The number of likely N-dealkylation sites (tertiary alicyclic amines) is 1. The molecule has 7 rings (SSSR count). The molecule has 4 aromatic rings. The number of aryl methyl sites for hydroxylation is 1. The second kappa shape index (κ2) is 11.1. The van der Waals surface area contributed by atoms with Gasteiger partial charge in [-0.1, -0.05) is 24.3 Å². The van der Waals surface area contributed by atoms with Gasteiger partial charge in [0.1, 0.15) is 12.0 Å². The summed E-state index contributed by atoms with van der Waals surface area (Å²) in [5, 5.41) is 14.1. The Morgan fingerprint density at radius 3 is 2.66 bits per heavy atom. The third kappa shape index (κ3) is 4.90. The van der Waals surface area contributed by atoms with Crippen molar-refractivity contribution in [1.29, 1.82) is 0 Å². The fourth-order valence-corrected chi connectivity index (χ4v) is 7.07. The van der Waals surface area contributed by atoms with E-state index < -0.39 is 41.9 Å². The van der Waals surface area contributed by atoms with Crippen molar-refractivity contribution < 1.29 is 28.3 Å². The molecule has 0 spiro atoms. The number of amides is 3. The Morgan fingerprint density at radius 1 is 1.11 bits per heavy atom. The maximum Gasteiger partial charge on any atom is 0.407 e. The predicted octanol–water partition coefficient (Wildman–Crippen LogP) is 5.23. The van der Waals surface area contributed by atoms with Crippen molar-refractivity contribution in [2.45, 2.75) is 50.5 Å². The van der Waals surface area contributed by atoms with Gasteiger partial charge >= 0.3 is 6.09 Å². The number of alkyl halides is 1. The van der Waals surface area contributed by atoms with Crippen molar-refractivity contribution in [3.63, 3.8) is 0 Å². The number of fused-ring (bicyclic) bond motifs is 2. The van der Waals surface area contributed by atoms with Crippen molar-refractivity contribution >= 4 is 34.4 Å². The van der Waals surface area contributed by atoms with Crippen LogP contribution >= 0.6 is 11.3 Å². The third-order valence-corrected chi connectivity index (χ3v) is 9.46. The summed E-state index contributed by atoms with van der Waals surface area (Å²) < 4.78 is 32.4. The monoisotopic (exact) mass is 618 g/mol. The van der Waals surface area contributed by atoms with Gasteiger partial charge in [-0.15, -0.1) is 11.3 Å². The molecule has 44 heavy (non-hydrogen) atoms. The second-order valence-electron chi connectivity index (χ2n) is 11.3. The average Bonchev–Trinajstić information content (AvgIpc) is 3.81. The van der Waals surface area contributed by atoms with E-state index in [-0.39, 0.29) is 30.8 Å². The lowest BCUT2D eigenvalue weighted by molar-refractivity contribution is -0.121. The number of halogens is 2. The Balaban J connectivity index is 1.16. The number of carbonyl (C=O) groups excluding carboxylic acids is 2. The standard InChI is InChI=1S/C31H28F2N6O4S/c32-23-13-19(17-3-5-18(6-4-17)20-7-10-37(31(42)43)15-24(20)33)12-21-22(23)14-39(29(21)41)27(28(40)36-30-34-8-11-44-30)26-25-2-1-9-38(25)16-35-26/h3-6,8,11-13,16,20,24,27H,1-2,7,9-10,14-15H2,(H,42,43)(H,34,36,40)/t20-,24+,27?/m1/s1. The van der Waals surface area contributed by atoms with Gasteiger partial charge in [0.25, 0.3) is 11.8 Å². The number of hydrogen-bond acceptors (Lipinski definition) is 6. The van der Waals surface area contributed by atoms with Crippen LogP contribution in [0.25, 0.3) is 11.1 Å². The largest absolute Gasteiger partial charge is 0.465 e. The van der Waals surface area contributed by atoms with E-state index in [1.807, 2.05) is 4.57 Å². The fraction of sp³-hybridized carbons (Fsp3) is 0.323. The zero-order valence-corrected chi connectivity index (χ0v) is 24.3. The highest BCUT2D eigenvalue weighted by Gasteiger charge is 2.42. The summed E-state index contributed by atoms with van der Waals surface area (Å²) in [5.41, 5.74) is 3.61. The first-order valence-electron chi connectivity index (χ1n) is 14.4. The minimum absolute atomic E-state index is 0.0889. The maximum absolute atomic E-state index is 15.6. The molecule has 13 heteroatoms. The summed E-state index contributed by atoms with van der Waals surface area (Å²) >= 11 is 1.26. The van der Waals surface area contributed by atoms with Gasteiger partial charge in [0.15, 0.2) is 11.2 Å². The molecule has 3 aliphatic rings. The molecule has 2 aromatic heterocycles. The molecule has 10 nitrogen and oxygen atoms in total. The first kappa shape index (κ1) is 28.1. The molecule has 226 valence electrons. The van der Waals surface area contributed by atoms with Gasteiger partial charge in [-0.05, 0) is 48.1 Å². The summed E-state index contributed by atoms with van der Waals surface area (Å²) in [5.74, 6) is -1.94. The Kier molecular flexibility index (Phi) is 7.11. The van der Waals surface area contributed by atoms with E-state index in [4.69, 9.17) is 5.11 Å². The van der Waals surface area contributed by atoms with E-state index in [1.54, 1.807) is 48.2 Å². The van der Waals surface area contributed by atoms with E-state index >= 15 is 4.39 Å². The Morgan fingerprint density at radius 2 is 1.93 bits per heavy atom. The topological polar surface area (TPSA) is 121 Å². The zero-order valence-electron chi connectivity index (χ0n) is 23.5. The number of imidazole rings is 1. The van der Waals surface area contributed by atoms with E-state index in [2.05, 4.69) is 15.3 Å². The number of nitrogens with zero attached hydrogens (tertiary/aromatic N) is 5. The minimum atomic E-state index is -1.33. The van der Waals surface area contributed by atoms with Crippen molar-refractivity contribution in [1.82, 2.24) is 24.3 Å². The highest BCUT2D eigenvalue weighted by Crippen LogP contribution is 2.38. The van der Waals surface area contributed by atoms with E-state index in [0.717, 1.165) is 35.5 Å². The quantitative estimate of drug-likeness (QED) is 0.305. The summed E-state index contributed by atoms with van der Waals surface area (Å²) in [4.78, 5) is 49.9. The molecule has 1 fully saturated rings. The third-order valence-electron chi connectivity index (χ3n) is 8.77. The number of piperidine rings is 1.